The molecular formula is C13H13F2NS. The summed E-state index contributed by atoms with van der Waals surface area (Å²) in [6.45, 7) is 0.250. The number of rotatable bonds is 5. The second-order valence-electron chi connectivity index (χ2n) is 3.65. The molecule has 0 aliphatic rings. The summed E-state index contributed by atoms with van der Waals surface area (Å²) in [7, 11) is 0. The van der Waals surface area contributed by atoms with Gasteiger partial charge in [0.15, 0.2) is 0 Å². The zero-order chi connectivity index (χ0) is 12.1. The monoisotopic (exact) mass is 253 g/mol. The highest BCUT2D eigenvalue weighted by Gasteiger charge is 2.04. The van der Waals surface area contributed by atoms with Crippen LogP contribution in [0.15, 0.2) is 42.5 Å². The highest BCUT2D eigenvalue weighted by molar-refractivity contribution is 7.15. The maximum absolute atomic E-state index is 11.9. The fourth-order valence-corrected chi connectivity index (χ4v) is 2.52. The molecule has 17 heavy (non-hydrogen) atoms. The van der Waals surface area contributed by atoms with E-state index in [1.165, 1.54) is 4.88 Å². The molecular weight excluding hydrogens is 240 g/mol. The van der Waals surface area contributed by atoms with Crippen molar-refractivity contribution in [1.29, 1.82) is 0 Å². The molecule has 0 bridgehead atoms. The number of alkyl halides is 2. The second kappa shape index (κ2) is 5.89. The van der Waals surface area contributed by atoms with Crippen molar-refractivity contribution in [2.75, 3.05) is 6.54 Å². The molecule has 0 aliphatic carbocycles. The third-order valence-corrected chi connectivity index (χ3v) is 3.45. The van der Waals surface area contributed by atoms with Crippen molar-refractivity contribution < 1.29 is 8.78 Å². The van der Waals surface area contributed by atoms with E-state index >= 15 is 0 Å². The number of halogens is 2. The Balaban J connectivity index is 1.97. The average Bonchev–Trinajstić information content (AvgIpc) is 2.78. The molecule has 0 fully saturated rings. The SMILES string of the molecule is FC(F)CNCc1ccc(-c2ccccc2)s1. The van der Waals surface area contributed by atoms with Crippen LogP contribution < -0.4 is 5.32 Å². The number of hydrogen-bond donors (Lipinski definition) is 1. The highest BCUT2D eigenvalue weighted by atomic mass is 32.1. The van der Waals surface area contributed by atoms with Gasteiger partial charge in [-0.25, -0.2) is 8.78 Å². The Kier molecular flexibility index (Phi) is 4.23. The maximum Gasteiger partial charge on any atom is 0.250 e. The lowest BCUT2D eigenvalue weighted by Gasteiger charge is -2.00. The first-order valence-corrected chi connectivity index (χ1v) is 6.20. The van der Waals surface area contributed by atoms with Gasteiger partial charge in [-0.3, -0.25) is 0 Å². The molecule has 90 valence electrons. The summed E-state index contributed by atoms with van der Waals surface area (Å²) >= 11 is 1.63. The van der Waals surface area contributed by atoms with Gasteiger partial charge < -0.3 is 5.32 Å². The molecule has 0 radical (unpaired) electrons. The predicted molar refractivity (Wildman–Crippen MR) is 67.5 cm³/mol. The van der Waals surface area contributed by atoms with Crippen LogP contribution in [0.25, 0.3) is 10.4 Å². The van der Waals surface area contributed by atoms with Gasteiger partial charge in [0.05, 0.1) is 6.54 Å². The maximum atomic E-state index is 11.9. The number of hydrogen-bond acceptors (Lipinski definition) is 2. The zero-order valence-corrected chi connectivity index (χ0v) is 10.0. The van der Waals surface area contributed by atoms with E-state index in [0.717, 1.165) is 10.4 Å². The molecule has 1 N–H and O–H groups in total. The standard InChI is InChI=1S/C13H13F2NS/c14-13(15)9-16-8-11-6-7-12(17-11)10-4-2-1-3-5-10/h1-7,13,16H,8-9H2. The number of nitrogens with one attached hydrogen (secondary N) is 1. The highest BCUT2D eigenvalue weighted by Crippen LogP contribution is 2.27. The van der Waals surface area contributed by atoms with Gasteiger partial charge in [-0.2, -0.15) is 0 Å². The van der Waals surface area contributed by atoms with Crippen LogP contribution >= 0.6 is 11.3 Å². The van der Waals surface area contributed by atoms with E-state index in [0.29, 0.717) is 6.54 Å². The van der Waals surface area contributed by atoms with Crippen molar-refractivity contribution >= 4 is 11.3 Å². The quantitative estimate of drug-likeness (QED) is 0.855. The Hall–Kier alpha value is -1.26. The van der Waals surface area contributed by atoms with E-state index in [9.17, 15) is 8.78 Å². The summed E-state index contributed by atoms with van der Waals surface area (Å²) in [5.41, 5.74) is 1.16. The van der Waals surface area contributed by atoms with Gasteiger partial charge >= 0.3 is 0 Å². The third kappa shape index (κ3) is 3.61. The molecule has 1 aromatic carbocycles. The van der Waals surface area contributed by atoms with Gasteiger partial charge in [-0.15, -0.1) is 11.3 Å². The third-order valence-electron chi connectivity index (χ3n) is 2.32. The lowest BCUT2D eigenvalue weighted by molar-refractivity contribution is 0.145. The lowest BCUT2D eigenvalue weighted by atomic mass is 10.2. The Morgan fingerprint density at radius 3 is 2.53 bits per heavy atom. The van der Waals surface area contributed by atoms with Crippen molar-refractivity contribution in [2.24, 2.45) is 0 Å². The molecule has 2 aromatic rings. The number of thiophene rings is 1. The second-order valence-corrected chi connectivity index (χ2v) is 4.82. The van der Waals surface area contributed by atoms with Crippen molar-refractivity contribution in [1.82, 2.24) is 5.32 Å². The molecule has 0 spiro atoms. The molecule has 0 saturated heterocycles. The number of benzene rings is 1. The van der Waals surface area contributed by atoms with Crippen LogP contribution in [0.5, 0.6) is 0 Å². The summed E-state index contributed by atoms with van der Waals surface area (Å²) < 4.78 is 23.9. The molecule has 0 amide bonds. The van der Waals surface area contributed by atoms with Gasteiger partial charge in [0, 0.05) is 16.3 Å². The summed E-state index contributed by atoms with van der Waals surface area (Å²) in [5, 5.41) is 2.73. The molecule has 1 heterocycles. The normalized spacial score (nSPS) is 11.0. The molecule has 0 unspecified atom stereocenters. The lowest BCUT2D eigenvalue weighted by Crippen LogP contribution is -2.19. The Morgan fingerprint density at radius 2 is 1.82 bits per heavy atom. The van der Waals surface area contributed by atoms with E-state index < -0.39 is 6.43 Å². The summed E-state index contributed by atoms with van der Waals surface area (Å²) in [6, 6.07) is 14.0. The Morgan fingerprint density at radius 1 is 1.06 bits per heavy atom. The first kappa shape index (κ1) is 12.2. The molecule has 1 nitrogen and oxygen atoms in total. The van der Waals surface area contributed by atoms with Crippen LogP contribution in [0.1, 0.15) is 4.88 Å². The van der Waals surface area contributed by atoms with E-state index in [1.54, 1.807) is 11.3 Å². The van der Waals surface area contributed by atoms with Crippen molar-refractivity contribution in [3.05, 3.63) is 47.3 Å². The topological polar surface area (TPSA) is 12.0 Å². The van der Waals surface area contributed by atoms with Crippen molar-refractivity contribution in [3.8, 4) is 10.4 Å². The molecule has 0 atom stereocenters. The molecule has 1 aromatic heterocycles. The molecule has 2 rings (SSSR count). The van der Waals surface area contributed by atoms with E-state index in [-0.39, 0.29) is 6.54 Å². The van der Waals surface area contributed by atoms with Crippen LogP contribution in [0, 0.1) is 0 Å². The van der Waals surface area contributed by atoms with E-state index in [4.69, 9.17) is 0 Å². The Bertz CT molecular complexity index is 453. The minimum atomic E-state index is -2.29. The minimum absolute atomic E-state index is 0.251. The largest absolute Gasteiger partial charge is 0.306 e. The fraction of sp³-hybridized carbons (Fsp3) is 0.231. The first-order valence-electron chi connectivity index (χ1n) is 5.38. The van der Waals surface area contributed by atoms with Crippen LogP contribution in [0.3, 0.4) is 0 Å². The zero-order valence-electron chi connectivity index (χ0n) is 9.20. The van der Waals surface area contributed by atoms with Gasteiger partial charge in [-0.05, 0) is 17.7 Å². The Labute approximate surface area is 103 Å². The molecule has 4 heteroatoms. The molecule has 0 saturated carbocycles. The smallest absolute Gasteiger partial charge is 0.250 e. The van der Waals surface area contributed by atoms with Crippen LogP contribution in [-0.2, 0) is 6.54 Å². The minimum Gasteiger partial charge on any atom is -0.306 e. The summed E-state index contributed by atoms with van der Waals surface area (Å²) in [4.78, 5) is 2.24. The van der Waals surface area contributed by atoms with Gasteiger partial charge in [0.2, 0.25) is 0 Å². The van der Waals surface area contributed by atoms with Crippen LogP contribution in [0.4, 0.5) is 8.78 Å². The van der Waals surface area contributed by atoms with E-state index in [1.807, 2.05) is 42.5 Å². The van der Waals surface area contributed by atoms with Crippen LogP contribution in [0.2, 0.25) is 0 Å². The summed E-state index contributed by atoms with van der Waals surface area (Å²) in [5.74, 6) is 0. The van der Waals surface area contributed by atoms with E-state index in [2.05, 4.69) is 5.32 Å². The van der Waals surface area contributed by atoms with Gasteiger partial charge in [0.25, 0.3) is 6.43 Å². The fourth-order valence-electron chi connectivity index (χ4n) is 1.53. The summed E-state index contributed by atoms with van der Waals surface area (Å²) in [6.07, 6.45) is -2.29. The average molecular weight is 253 g/mol. The van der Waals surface area contributed by atoms with Crippen LogP contribution in [-0.4, -0.2) is 13.0 Å². The van der Waals surface area contributed by atoms with Gasteiger partial charge in [0.1, 0.15) is 0 Å². The van der Waals surface area contributed by atoms with Crippen molar-refractivity contribution in [3.63, 3.8) is 0 Å². The van der Waals surface area contributed by atoms with Crippen molar-refractivity contribution in [2.45, 2.75) is 13.0 Å². The van der Waals surface area contributed by atoms with Gasteiger partial charge in [-0.1, -0.05) is 30.3 Å². The molecule has 0 aliphatic heterocycles. The predicted octanol–water partition coefficient (Wildman–Crippen LogP) is 3.77. The first-order chi connectivity index (χ1) is 8.25.